The molecule has 0 saturated heterocycles. The molecule has 0 aliphatic carbocycles. The van der Waals surface area contributed by atoms with Crippen LogP contribution in [-0.2, 0) is 11.0 Å². The Bertz CT molecular complexity index is 573. The van der Waals surface area contributed by atoms with E-state index >= 15 is 0 Å². The highest BCUT2D eigenvalue weighted by Gasteiger charge is 2.05. The molecule has 8 heteroatoms. The zero-order chi connectivity index (χ0) is 11.6. The summed E-state index contributed by atoms with van der Waals surface area (Å²) in [6.45, 7) is 0. The lowest BCUT2D eigenvalue weighted by molar-refractivity contribution is 0.386. The first-order valence-electron chi connectivity index (χ1n) is 4.42. The van der Waals surface area contributed by atoms with E-state index in [4.69, 9.17) is 9.79 Å². The van der Waals surface area contributed by atoms with Crippen LogP contribution in [0.3, 0.4) is 0 Å². The van der Waals surface area contributed by atoms with Crippen molar-refractivity contribution in [2.75, 3.05) is 0 Å². The maximum Gasteiger partial charge on any atom is 0.348 e. The van der Waals surface area contributed by atoms with Gasteiger partial charge in [0.05, 0.1) is 12.5 Å². The molecule has 7 nitrogen and oxygen atoms in total. The van der Waals surface area contributed by atoms with Gasteiger partial charge < -0.3 is 14.8 Å². The molecule has 16 heavy (non-hydrogen) atoms. The Morgan fingerprint density at radius 3 is 3.00 bits per heavy atom. The standard InChI is InChI=1S/C8H9N4O3P/c13-16(14,15)3-1-2-7-9-4-6-8(12-7)11-5-10-6/h1,3-5H,2H2,(H2,13,14,15)(H,9,10,11,12)/b3-1+. The molecule has 0 aromatic carbocycles. The maximum atomic E-state index is 10.5. The van der Waals surface area contributed by atoms with Crippen LogP contribution < -0.4 is 0 Å². The Hall–Kier alpha value is -1.56. The van der Waals surface area contributed by atoms with Crippen molar-refractivity contribution in [2.24, 2.45) is 0 Å². The molecule has 0 aliphatic rings. The van der Waals surface area contributed by atoms with Gasteiger partial charge in [-0.05, 0) is 0 Å². The van der Waals surface area contributed by atoms with Gasteiger partial charge in [-0.15, -0.1) is 0 Å². The molecule has 0 radical (unpaired) electrons. The van der Waals surface area contributed by atoms with Gasteiger partial charge in [0.25, 0.3) is 0 Å². The van der Waals surface area contributed by atoms with Crippen LogP contribution in [0, 0.1) is 0 Å². The van der Waals surface area contributed by atoms with Crippen molar-refractivity contribution in [1.82, 2.24) is 19.9 Å². The minimum absolute atomic E-state index is 0.264. The summed E-state index contributed by atoms with van der Waals surface area (Å²) in [5, 5.41) is 0. The van der Waals surface area contributed by atoms with Gasteiger partial charge in [0.1, 0.15) is 11.3 Å². The summed E-state index contributed by atoms with van der Waals surface area (Å²) in [6, 6.07) is 0. The van der Waals surface area contributed by atoms with Crippen LogP contribution >= 0.6 is 7.60 Å². The highest BCUT2D eigenvalue weighted by Crippen LogP contribution is 2.35. The van der Waals surface area contributed by atoms with Crippen molar-refractivity contribution in [3.05, 3.63) is 30.2 Å². The molecule has 0 saturated carbocycles. The van der Waals surface area contributed by atoms with Crippen LogP contribution in [0.4, 0.5) is 0 Å². The highest BCUT2D eigenvalue weighted by atomic mass is 31.2. The molecule has 0 unspecified atom stereocenters. The van der Waals surface area contributed by atoms with Crippen LogP contribution in [0.25, 0.3) is 11.2 Å². The van der Waals surface area contributed by atoms with Gasteiger partial charge in [-0.3, -0.25) is 4.57 Å². The minimum atomic E-state index is -4.10. The lowest BCUT2D eigenvalue weighted by atomic mass is 10.4. The number of allylic oxidation sites excluding steroid dienone is 1. The van der Waals surface area contributed by atoms with Gasteiger partial charge in [-0.2, -0.15) is 0 Å². The first-order valence-corrected chi connectivity index (χ1v) is 6.11. The van der Waals surface area contributed by atoms with Crippen LogP contribution in [0.1, 0.15) is 5.82 Å². The third-order valence-electron chi connectivity index (χ3n) is 1.82. The Labute approximate surface area is 90.4 Å². The second kappa shape index (κ2) is 4.13. The van der Waals surface area contributed by atoms with Crippen molar-refractivity contribution in [2.45, 2.75) is 6.42 Å². The van der Waals surface area contributed by atoms with E-state index in [0.29, 0.717) is 17.0 Å². The summed E-state index contributed by atoms with van der Waals surface area (Å²) >= 11 is 0. The van der Waals surface area contributed by atoms with Crippen molar-refractivity contribution in [1.29, 1.82) is 0 Å². The molecule has 0 atom stereocenters. The number of aromatic amines is 1. The Morgan fingerprint density at radius 1 is 1.44 bits per heavy atom. The number of imidazole rings is 1. The van der Waals surface area contributed by atoms with E-state index in [-0.39, 0.29) is 6.42 Å². The predicted octanol–water partition coefficient (Wildman–Crippen LogP) is 0.587. The van der Waals surface area contributed by atoms with Crippen LogP contribution in [-0.4, -0.2) is 29.7 Å². The fourth-order valence-electron chi connectivity index (χ4n) is 1.17. The summed E-state index contributed by atoms with van der Waals surface area (Å²) in [5.41, 5.74) is 1.26. The van der Waals surface area contributed by atoms with E-state index in [1.165, 1.54) is 12.4 Å². The van der Waals surface area contributed by atoms with E-state index < -0.39 is 7.60 Å². The minimum Gasteiger partial charge on any atom is -0.329 e. The van der Waals surface area contributed by atoms with Crippen molar-refractivity contribution in [3.8, 4) is 0 Å². The number of H-pyrrole nitrogens is 1. The maximum absolute atomic E-state index is 10.5. The molecule has 0 bridgehead atoms. The first kappa shape index (κ1) is 10.9. The highest BCUT2D eigenvalue weighted by molar-refractivity contribution is 7.55. The summed E-state index contributed by atoms with van der Waals surface area (Å²) < 4.78 is 10.5. The Kier molecular flexibility index (Phi) is 2.82. The van der Waals surface area contributed by atoms with Crippen LogP contribution in [0.5, 0.6) is 0 Å². The fourth-order valence-corrected chi connectivity index (χ4v) is 1.55. The number of rotatable bonds is 3. The molecule has 3 N–H and O–H groups in total. The average molecular weight is 240 g/mol. The fraction of sp³-hybridized carbons (Fsp3) is 0.125. The number of hydrogen-bond donors (Lipinski definition) is 3. The number of nitrogens with zero attached hydrogens (tertiary/aromatic N) is 3. The number of fused-ring (bicyclic) bond motifs is 1. The SMILES string of the molecule is O=P(O)(O)/C=C/Cc1ncc2nc[nH]c2n1. The molecule has 2 aromatic heterocycles. The molecule has 0 aliphatic heterocycles. The molecular weight excluding hydrogens is 231 g/mol. The van der Waals surface area contributed by atoms with Crippen LogP contribution in [0.2, 0.25) is 0 Å². The van der Waals surface area contributed by atoms with E-state index in [0.717, 1.165) is 5.82 Å². The number of hydrogen-bond acceptors (Lipinski definition) is 4. The topological polar surface area (TPSA) is 112 Å². The Balaban J connectivity index is 2.15. The molecule has 0 amide bonds. The van der Waals surface area contributed by atoms with E-state index in [1.54, 1.807) is 6.20 Å². The zero-order valence-electron chi connectivity index (χ0n) is 8.11. The molecular formula is C8H9N4O3P. The quantitative estimate of drug-likeness (QED) is 0.677. The van der Waals surface area contributed by atoms with E-state index in [2.05, 4.69) is 19.9 Å². The van der Waals surface area contributed by atoms with Gasteiger partial charge in [0.2, 0.25) is 0 Å². The molecule has 0 spiro atoms. The van der Waals surface area contributed by atoms with Gasteiger partial charge in [-0.1, -0.05) is 6.08 Å². The molecule has 84 valence electrons. The monoisotopic (exact) mass is 240 g/mol. The Morgan fingerprint density at radius 2 is 2.25 bits per heavy atom. The van der Waals surface area contributed by atoms with E-state index in [9.17, 15) is 4.57 Å². The molecule has 2 rings (SSSR count). The van der Waals surface area contributed by atoms with Gasteiger partial charge in [0.15, 0.2) is 5.65 Å². The predicted molar refractivity (Wildman–Crippen MR) is 56.6 cm³/mol. The summed E-state index contributed by atoms with van der Waals surface area (Å²) in [5.74, 6) is 1.31. The summed E-state index contributed by atoms with van der Waals surface area (Å²) in [6.07, 6.45) is 4.67. The molecule has 2 aromatic rings. The van der Waals surface area contributed by atoms with E-state index in [1.807, 2.05) is 0 Å². The van der Waals surface area contributed by atoms with Gasteiger partial charge in [0, 0.05) is 12.2 Å². The second-order valence-corrected chi connectivity index (χ2v) is 4.58. The third kappa shape index (κ3) is 2.73. The van der Waals surface area contributed by atoms with Gasteiger partial charge in [-0.25, -0.2) is 15.0 Å². The summed E-state index contributed by atoms with van der Waals surface area (Å²) in [7, 11) is -4.10. The smallest absolute Gasteiger partial charge is 0.329 e. The van der Waals surface area contributed by atoms with Crippen LogP contribution in [0.15, 0.2) is 24.4 Å². The van der Waals surface area contributed by atoms with Crippen molar-refractivity contribution in [3.63, 3.8) is 0 Å². The zero-order valence-corrected chi connectivity index (χ0v) is 9.00. The number of aromatic nitrogens is 4. The van der Waals surface area contributed by atoms with Gasteiger partial charge >= 0.3 is 7.60 Å². The van der Waals surface area contributed by atoms with Crippen molar-refractivity contribution >= 4 is 18.8 Å². The normalized spacial score (nSPS) is 12.6. The average Bonchev–Trinajstić information content (AvgIpc) is 2.62. The molecule has 0 fully saturated rings. The number of nitrogens with one attached hydrogen (secondary N) is 1. The third-order valence-corrected chi connectivity index (χ3v) is 2.42. The summed E-state index contributed by atoms with van der Waals surface area (Å²) in [4.78, 5) is 32.1. The largest absolute Gasteiger partial charge is 0.348 e. The second-order valence-electron chi connectivity index (χ2n) is 3.10. The lowest BCUT2D eigenvalue weighted by Gasteiger charge is -1.95. The molecule has 2 heterocycles. The lowest BCUT2D eigenvalue weighted by Crippen LogP contribution is -1.92. The van der Waals surface area contributed by atoms with Crippen molar-refractivity contribution < 1.29 is 14.4 Å². The first-order chi connectivity index (χ1) is 7.54.